The Balaban J connectivity index is 1.44. The zero-order valence-electron chi connectivity index (χ0n) is 17.0. The van der Waals surface area contributed by atoms with Crippen molar-refractivity contribution in [2.45, 2.75) is 25.9 Å². The normalized spacial score (nSPS) is 21.2. The Morgan fingerprint density at radius 1 is 1.17 bits per heavy atom. The lowest BCUT2D eigenvalue weighted by atomic mass is 9.71. The molecule has 1 aromatic carbocycles. The van der Waals surface area contributed by atoms with Crippen molar-refractivity contribution in [3.8, 4) is 5.75 Å². The first kappa shape index (κ1) is 19.9. The van der Waals surface area contributed by atoms with E-state index in [4.69, 9.17) is 9.47 Å². The molecule has 1 atom stereocenters. The number of aromatic nitrogens is 1. The van der Waals surface area contributed by atoms with Crippen LogP contribution in [0, 0.1) is 11.3 Å². The lowest BCUT2D eigenvalue weighted by molar-refractivity contribution is -0.130. The molecule has 4 rings (SSSR count). The first-order chi connectivity index (χ1) is 14.2. The van der Waals surface area contributed by atoms with Gasteiger partial charge < -0.3 is 14.8 Å². The third kappa shape index (κ3) is 4.60. The number of amides is 1. The predicted molar refractivity (Wildman–Crippen MR) is 110 cm³/mol. The summed E-state index contributed by atoms with van der Waals surface area (Å²) in [6, 6.07) is 12.1. The van der Waals surface area contributed by atoms with Gasteiger partial charge in [0.2, 0.25) is 5.91 Å². The SMILES string of the molecule is COc1ccc(CN2CC(C(=O)NCc3ccncc3)C3(CCOCC3)C2)cc1. The van der Waals surface area contributed by atoms with Gasteiger partial charge in [0.1, 0.15) is 5.75 Å². The molecule has 1 amide bonds. The quantitative estimate of drug-likeness (QED) is 0.815. The Morgan fingerprint density at radius 2 is 1.90 bits per heavy atom. The zero-order chi connectivity index (χ0) is 20.1. The van der Waals surface area contributed by atoms with Crippen LogP contribution in [0.4, 0.5) is 0 Å². The van der Waals surface area contributed by atoms with Gasteiger partial charge in [-0.2, -0.15) is 0 Å². The summed E-state index contributed by atoms with van der Waals surface area (Å²) < 4.78 is 10.9. The molecule has 2 aliphatic heterocycles. The third-order valence-electron chi connectivity index (χ3n) is 6.30. The van der Waals surface area contributed by atoms with E-state index in [1.54, 1.807) is 19.5 Å². The number of hydrogen-bond acceptors (Lipinski definition) is 5. The van der Waals surface area contributed by atoms with E-state index in [-0.39, 0.29) is 17.2 Å². The molecule has 2 aromatic rings. The number of methoxy groups -OCH3 is 1. The van der Waals surface area contributed by atoms with Crippen LogP contribution in [-0.4, -0.2) is 49.2 Å². The Morgan fingerprint density at radius 3 is 2.59 bits per heavy atom. The van der Waals surface area contributed by atoms with Gasteiger partial charge in [0.05, 0.1) is 13.0 Å². The Bertz CT molecular complexity index is 804. The number of pyridine rings is 1. The van der Waals surface area contributed by atoms with Gasteiger partial charge in [0.15, 0.2) is 0 Å². The maximum Gasteiger partial charge on any atom is 0.225 e. The fourth-order valence-corrected chi connectivity index (χ4v) is 4.64. The van der Waals surface area contributed by atoms with Crippen LogP contribution in [0.5, 0.6) is 5.75 Å². The van der Waals surface area contributed by atoms with Crippen LogP contribution in [0.3, 0.4) is 0 Å². The van der Waals surface area contributed by atoms with E-state index < -0.39 is 0 Å². The van der Waals surface area contributed by atoms with E-state index in [0.717, 1.165) is 57.0 Å². The summed E-state index contributed by atoms with van der Waals surface area (Å²) in [6.45, 7) is 4.60. The smallest absolute Gasteiger partial charge is 0.225 e. The van der Waals surface area contributed by atoms with Crippen molar-refractivity contribution in [1.29, 1.82) is 0 Å². The first-order valence-corrected chi connectivity index (χ1v) is 10.3. The summed E-state index contributed by atoms with van der Waals surface area (Å²) in [5.74, 6) is 1.01. The Labute approximate surface area is 172 Å². The highest BCUT2D eigenvalue weighted by molar-refractivity contribution is 5.80. The molecule has 29 heavy (non-hydrogen) atoms. The maximum absolute atomic E-state index is 13.2. The average molecular weight is 396 g/mol. The minimum Gasteiger partial charge on any atom is -0.497 e. The fraction of sp³-hybridized carbons (Fsp3) is 0.478. The molecule has 6 nitrogen and oxygen atoms in total. The van der Waals surface area contributed by atoms with E-state index >= 15 is 0 Å². The number of rotatable bonds is 6. The van der Waals surface area contributed by atoms with Crippen molar-refractivity contribution < 1.29 is 14.3 Å². The lowest BCUT2D eigenvalue weighted by Crippen LogP contribution is -2.44. The molecule has 6 heteroatoms. The van der Waals surface area contributed by atoms with Crippen LogP contribution in [-0.2, 0) is 22.6 Å². The summed E-state index contributed by atoms with van der Waals surface area (Å²) >= 11 is 0. The third-order valence-corrected chi connectivity index (χ3v) is 6.30. The maximum atomic E-state index is 13.2. The predicted octanol–water partition coefficient (Wildman–Crippen LogP) is 2.64. The van der Waals surface area contributed by atoms with Gasteiger partial charge in [-0.1, -0.05) is 12.1 Å². The molecule has 0 bridgehead atoms. The van der Waals surface area contributed by atoms with Crippen molar-refractivity contribution in [3.63, 3.8) is 0 Å². The summed E-state index contributed by atoms with van der Waals surface area (Å²) in [5, 5.41) is 3.16. The van der Waals surface area contributed by atoms with Crippen LogP contribution < -0.4 is 10.1 Å². The molecule has 3 heterocycles. The van der Waals surface area contributed by atoms with Crippen LogP contribution >= 0.6 is 0 Å². The molecular weight excluding hydrogens is 366 g/mol. The van der Waals surface area contributed by atoms with E-state index in [1.165, 1.54) is 5.56 Å². The fourth-order valence-electron chi connectivity index (χ4n) is 4.64. The van der Waals surface area contributed by atoms with Crippen LogP contribution in [0.2, 0.25) is 0 Å². The van der Waals surface area contributed by atoms with Gasteiger partial charge in [0, 0.05) is 57.2 Å². The lowest BCUT2D eigenvalue weighted by Gasteiger charge is -2.37. The summed E-state index contributed by atoms with van der Waals surface area (Å²) in [6.07, 6.45) is 5.40. The number of nitrogens with zero attached hydrogens (tertiary/aromatic N) is 2. The average Bonchev–Trinajstić information content (AvgIpc) is 3.10. The molecule has 154 valence electrons. The molecule has 1 unspecified atom stereocenters. The van der Waals surface area contributed by atoms with Crippen molar-refractivity contribution in [1.82, 2.24) is 15.2 Å². The Hall–Kier alpha value is -2.44. The second-order valence-electron chi connectivity index (χ2n) is 8.12. The molecule has 2 saturated heterocycles. The second-order valence-corrected chi connectivity index (χ2v) is 8.12. The number of hydrogen-bond donors (Lipinski definition) is 1. The monoisotopic (exact) mass is 395 g/mol. The molecular formula is C23H29N3O3. The van der Waals surface area contributed by atoms with Crippen molar-refractivity contribution in [3.05, 3.63) is 59.9 Å². The first-order valence-electron chi connectivity index (χ1n) is 10.3. The minimum absolute atomic E-state index is 0.00699. The highest BCUT2D eigenvalue weighted by Gasteiger charge is 2.50. The van der Waals surface area contributed by atoms with Gasteiger partial charge in [-0.3, -0.25) is 14.7 Å². The molecule has 2 aliphatic rings. The number of benzene rings is 1. The van der Waals surface area contributed by atoms with Crippen LogP contribution in [0.25, 0.3) is 0 Å². The van der Waals surface area contributed by atoms with E-state index in [2.05, 4.69) is 27.3 Å². The van der Waals surface area contributed by atoms with E-state index in [9.17, 15) is 4.79 Å². The van der Waals surface area contributed by atoms with Crippen molar-refractivity contribution in [2.75, 3.05) is 33.4 Å². The second kappa shape index (κ2) is 8.93. The van der Waals surface area contributed by atoms with E-state index in [1.807, 2.05) is 24.3 Å². The van der Waals surface area contributed by atoms with Crippen molar-refractivity contribution in [2.24, 2.45) is 11.3 Å². The summed E-state index contributed by atoms with van der Waals surface area (Å²) in [4.78, 5) is 19.6. The topological polar surface area (TPSA) is 63.7 Å². The molecule has 0 aliphatic carbocycles. The van der Waals surface area contributed by atoms with Crippen LogP contribution in [0.1, 0.15) is 24.0 Å². The zero-order valence-corrected chi connectivity index (χ0v) is 17.0. The number of ether oxygens (including phenoxy) is 2. The van der Waals surface area contributed by atoms with Crippen molar-refractivity contribution >= 4 is 5.91 Å². The summed E-state index contributed by atoms with van der Waals surface area (Å²) in [5.41, 5.74) is 2.32. The van der Waals surface area contributed by atoms with Gasteiger partial charge >= 0.3 is 0 Å². The van der Waals surface area contributed by atoms with Gasteiger partial charge in [-0.25, -0.2) is 0 Å². The van der Waals surface area contributed by atoms with Gasteiger partial charge in [0.25, 0.3) is 0 Å². The number of likely N-dealkylation sites (tertiary alicyclic amines) is 1. The Kier molecular flexibility index (Phi) is 6.11. The summed E-state index contributed by atoms with van der Waals surface area (Å²) in [7, 11) is 1.68. The minimum atomic E-state index is -0.00788. The van der Waals surface area contributed by atoms with Gasteiger partial charge in [-0.15, -0.1) is 0 Å². The van der Waals surface area contributed by atoms with Crippen LogP contribution in [0.15, 0.2) is 48.8 Å². The number of nitrogens with one attached hydrogen (secondary N) is 1. The number of carbonyl (C=O) groups is 1. The highest BCUT2D eigenvalue weighted by atomic mass is 16.5. The van der Waals surface area contributed by atoms with Gasteiger partial charge in [-0.05, 0) is 48.2 Å². The molecule has 0 radical (unpaired) electrons. The standard InChI is InChI=1S/C23H29N3O3/c1-28-20-4-2-19(3-5-20)15-26-16-21(23(17-26)8-12-29-13-9-23)22(27)25-14-18-6-10-24-11-7-18/h2-7,10-11,21H,8-9,12-17H2,1H3,(H,25,27). The molecule has 1 spiro atoms. The largest absolute Gasteiger partial charge is 0.497 e. The molecule has 2 fully saturated rings. The molecule has 0 saturated carbocycles. The molecule has 1 N–H and O–H groups in total. The van der Waals surface area contributed by atoms with E-state index in [0.29, 0.717) is 6.54 Å². The molecule has 1 aromatic heterocycles. The highest BCUT2D eigenvalue weighted by Crippen LogP contribution is 2.44. The number of carbonyl (C=O) groups excluding carboxylic acids is 1.